The highest BCUT2D eigenvalue weighted by Gasteiger charge is 2.72. The first-order chi connectivity index (χ1) is 10.6. The molecule has 5 fully saturated rings. The maximum absolute atomic E-state index is 12.2. The molecule has 0 spiro atoms. The van der Waals surface area contributed by atoms with E-state index in [1.165, 1.54) is 25.7 Å². The Bertz CT molecular complexity index is 552. The minimum Gasteiger partial charge on any atom is -0.455 e. The molecule has 5 aliphatic rings. The lowest BCUT2D eigenvalue weighted by Crippen LogP contribution is -2.51. The van der Waals surface area contributed by atoms with Crippen LogP contribution in [0, 0.1) is 47.3 Å². The Morgan fingerprint density at radius 3 is 2.41 bits per heavy atom. The lowest BCUT2D eigenvalue weighted by Gasteiger charge is -2.52. The minimum atomic E-state index is -0.161. The molecule has 0 N–H and O–H groups in total. The van der Waals surface area contributed by atoms with E-state index in [0.717, 1.165) is 54.3 Å². The summed E-state index contributed by atoms with van der Waals surface area (Å²) in [6, 6.07) is 0. The fraction of sp³-hybridized carbons (Fsp3) is 0.850. The number of carbonyl (C=O) groups is 1. The van der Waals surface area contributed by atoms with Gasteiger partial charge < -0.3 is 4.74 Å². The van der Waals surface area contributed by atoms with Crippen molar-refractivity contribution in [2.45, 2.75) is 58.0 Å². The average Bonchev–Trinajstić information content (AvgIpc) is 3.13. The van der Waals surface area contributed by atoms with Crippen molar-refractivity contribution in [3.8, 4) is 0 Å². The van der Waals surface area contributed by atoms with Crippen molar-refractivity contribution in [1.82, 2.24) is 0 Å². The van der Waals surface area contributed by atoms with Gasteiger partial charge in [0.1, 0.15) is 5.60 Å². The number of hydrogen-bond acceptors (Lipinski definition) is 2. The summed E-state index contributed by atoms with van der Waals surface area (Å²) in [4.78, 5) is 12.2. The number of carbonyl (C=O) groups excluding carboxylic acids is 1. The molecule has 5 rings (SSSR count). The van der Waals surface area contributed by atoms with Crippen molar-refractivity contribution in [3.05, 3.63) is 12.2 Å². The summed E-state index contributed by atoms with van der Waals surface area (Å²) < 4.78 is 6.10. The van der Waals surface area contributed by atoms with Gasteiger partial charge in [-0.2, -0.15) is 0 Å². The molecule has 0 amide bonds. The Kier molecular flexibility index (Phi) is 2.59. The van der Waals surface area contributed by atoms with E-state index >= 15 is 0 Å². The molecule has 0 heterocycles. The first-order valence-corrected chi connectivity index (χ1v) is 9.44. The Morgan fingerprint density at radius 1 is 1.14 bits per heavy atom. The lowest BCUT2D eigenvalue weighted by atomic mass is 9.54. The van der Waals surface area contributed by atoms with Crippen LogP contribution in [0.3, 0.4) is 0 Å². The van der Waals surface area contributed by atoms with E-state index in [-0.39, 0.29) is 11.6 Å². The van der Waals surface area contributed by atoms with Crippen molar-refractivity contribution in [1.29, 1.82) is 0 Å². The van der Waals surface area contributed by atoms with E-state index in [9.17, 15) is 4.79 Å². The highest BCUT2D eigenvalue weighted by molar-refractivity contribution is 5.87. The van der Waals surface area contributed by atoms with E-state index in [1.807, 2.05) is 0 Å². The van der Waals surface area contributed by atoms with Gasteiger partial charge in [0.25, 0.3) is 0 Å². The van der Waals surface area contributed by atoms with Gasteiger partial charge in [0.05, 0.1) is 0 Å². The molecule has 0 aromatic rings. The van der Waals surface area contributed by atoms with Gasteiger partial charge in [-0.1, -0.05) is 13.5 Å². The second kappa shape index (κ2) is 4.19. The Morgan fingerprint density at radius 2 is 1.82 bits per heavy atom. The van der Waals surface area contributed by atoms with Crippen molar-refractivity contribution < 1.29 is 9.53 Å². The first kappa shape index (κ1) is 13.6. The molecule has 9 atom stereocenters. The molecule has 0 aromatic carbocycles. The Hall–Kier alpha value is -0.790. The van der Waals surface area contributed by atoms with Crippen LogP contribution in [-0.4, -0.2) is 11.6 Å². The third-order valence-electron chi connectivity index (χ3n) is 8.55. The quantitative estimate of drug-likeness (QED) is 0.443. The van der Waals surface area contributed by atoms with E-state index in [0.29, 0.717) is 11.5 Å². The van der Waals surface area contributed by atoms with Crippen molar-refractivity contribution in [2.75, 3.05) is 0 Å². The van der Waals surface area contributed by atoms with Crippen molar-refractivity contribution in [3.63, 3.8) is 0 Å². The molecule has 0 aromatic heterocycles. The predicted octanol–water partition coefficient (Wildman–Crippen LogP) is 4.20. The molecular formula is C20H28O2. The van der Waals surface area contributed by atoms with Crippen molar-refractivity contribution >= 4 is 5.97 Å². The smallest absolute Gasteiger partial charge is 0.333 e. The second-order valence-electron chi connectivity index (χ2n) is 9.02. The van der Waals surface area contributed by atoms with Gasteiger partial charge in [-0.25, -0.2) is 4.79 Å². The number of esters is 1. The summed E-state index contributed by atoms with van der Waals surface area (Å²) in [7, 11) is 0. The van der Waals surface area contributed by atoms with Crippen LogP contribution in [-0.2, 0) is 9.53 Å². The van der Waals surface area contributed by atoms with Crippen LogP contribution in [0.5, 0.6) is 0 Å². The van der Waals surface area contributed by atoms with Crippen molar-refractivity contribution in [2.24, 2.45) is 47.3 Å². The number of rotatable bonds is 3. The average molecular weight is 300 g/mol. The fourth-order valence-corrected chi connectivity index (χ4v) is 7.85. The second-order valence-corrected chi connectivity index (χ2v) is 9.02. The summed E-state index contributed by atoms with van der Waals surface area (Å²) in [6.07, 6.45) is 7.95. The number of ether oxygens (including phenoxy) is 1. The molecule has 22 heavy (non-hydrogen) atoms. The SMILES string of the molecule is C=C(C)C(=O)OC1(CC)CC2CC1C1C3CC(C4CCC43)C21. The zero-order chi connectivity index (χ0) is 15.2. The molecule has 0 saturated heterocycles. The highest BCUT2D eigenvalue weighted by Crippen LogP contribution is 2.76. The third kappa shape index (κ3) is 1.41. The third-order valence-corrected chi connectivity index (χ3v) is 8.55. The minimum absolute atomic E-state index is 0.157. The normalized spacial score (nSPS) is 56.5. The maximum Gasteiger partial charge on any atom is 0.333 e. The van der Waals surface area contributed by atoms with Gasteiger partial charge >= 0.3 is 5.97 Å². The molecule has 4 bridgehead atoms. The first-order valence-electron chi connectivity index (χ1n) is 9.44. The highest BCUT2D eigenvalue weighted by atomic mass is 16.6. The maximum atomic E-state index is 12.2. The van der Waals surface area contributed by atoms with E-state index in [2.05, 4.69) is 13.5 Å². The Balaban J connectivity index is 1.45. The molecule has 0 aliphatic heterocycles. The van der Waals surface area contributed by atoms with Crippen LogP contribution in [0.15, 0.2) is 12.2 Å². The van der Waals surface area contributed by atoms with Gasteiger partial charge in [-0.3, -0.25) is 0 Å². The predicted molar refractivity (Wildman–Crippen MR) is 84.9 cm³/mol. The molecule has 5 aliphatic carbocycles. The van der Waals surface area contributed by atoms with Crippen LogP contribution in [0.2, 0.25) is 0 Å². The van der Waals surface area contributed by atoms with Gasteiger partial charge in [0.2, 0.25) is 0 Å². The number of fused-ring (bicyclic) bond motifs is 12. The summed E-state index contributed by atoms with van der Waals surface area (Å²) in [5.74, 6) is 7.32. The van der Waals surface area contributed by atoms with Gasteiger partial charge in [0, 0.05) is 11.5 Å². The molecule has 2 heteroatoms. The number of hydrogen-bond donors (Lipinski definition) is 0. The van der Waals surface area contributed by atoms with E-state index < -0.39 is 0 Å². The molecule has 0 radical (unpaired) electrons. The topological polar surface area (TPSA) is 26.3 Å². The Labute approximate surface area is 133 Å². The van der Waals surface area contributed by atoms with Crippen LogP contribution in [0.1, 0.15) is 52.4 Å². The van der Waals surface area contributed by atoms with Crippen LogP contribution < -0.4 is 0 Å². The van der Waals surface area contributed by atoms with E-state index in [4.69, 9.17) is 4.74 Å². The fourth-order valence-electron chi connectivity index (χ4n) is 7.85. The summed E-state index contributed by atoms with van der Waals surface area (Å²) in [5.41, 5.74) is 0.394. The molecule has 5 saturated carbocycles. The molecule has 120 valence electrons. The monoisotopic (exact) mass is 300 g/mol. The van der Waals surface area contributed by atoms with Gasteiger partial charge in [0.15, 0.2) is 0 Å². The molecule has 2 nitrogen and oxygen atoms in total. The summed E-state index contributed by atoms with van der Waals surface area (Å²) in [6.45, 7) is 7.78. The van der Waals surface area contributed by atoms with E-state index in [1.54, 1.807) is 6.92 Å². The van der Waals surface area contributed by atoms with Crippen LogP contribution in [0.4, 0.5) is 0 Å². The molecule has 9 unspecified atom stereocenters. The van der Waals surface area contributed by atoms with Crippen LogP contribution in [0.25, 0.3) is 0 Å². The van der Waals surface area contributed by atoms with Gasteiger partial charge in [-0.05, 0) is 86.9 Å². The standard InChI is InChI=1S/C20H28O2/c1-4-20(22-19(21)10(2)3)9-11-7-16(20)18-15-8-14(17(11)18)12-5-6-13(12)15/h11-18H,2,4-9H2,1,3H3. The largest absolute Gasteiger partial charge is 0.455 e. The van der Waals surface area contributed by atoms with Gasteiger partial charge in [-0.15, -0.1) is 0 Å². The van der Waals surface area contributed by atoms with Crippen LogP contribution >= 0.6 is 0 Å². The zero-order valence-electron chi connectivity index (χ0n) is 13.9. The molecular weight excluding hydrogens is 272 g/mol. The lowest BCUT2D eigenvalue weighted by molar-refractivity contribution is -0.170. The summed E-state index contributed by atoms with van der Waals surface area (Å²) >= 11 is 0. The summed E-state index contributed by atoms with van der Waals surface area (Å²) in [5, 5.41) is 0. The zero-order valence-corrected chi connectivity index (χ0v) is 13.9.